The Bertz CT molecular complexity index is 537. The highest BCUT2D eigenvalue weighted by Crippen LogP contribution is 2.21. The van der Waals surface area contributed by atoms with Crippen LogP contribution in [0.3, 0.4) is 0 Å². The Morgan fingerprint density at radius 2 is 2.06 bits per heavy atom. The summed E-state index contributed by atoms with van der Waals surface area (Å²) in [6.07, 6.45) is 2.10. The number of carboxylic acid groups (broad SMARTS) is 1. The van der Waals surface area contributed by atoms with Gasteiger partial charge in [0.15, 0.2) is 9.84 Å². The maximum absolute atomic E-state index is 11.7. The summed E-state index contributed by atoms with van der Waals surface area (Å²) >= 11 is 3.28. The Kier molecular flexibility index (Phi) is 5.34. The molecule has 0 bridgehead atoms. The lowest BCUT2D eigenvalue weighted by Gasteiger charge is -2.09. The van der Waals surface area contributed by atoms with Gasteiger partial charge in [0, 0.05) is 18.0 Å². The third kappa shape index (κ3) is 4.42. The Hall–Kier alpha value is -0.880. The predicted molar refractivity (Wildman–Crippen MR) is 72.8 cm³/mol. The van der Waals surface area contributed by atoms with E-state index in [2.05, 4.69) is 15.9 Å². The van der Waals surface area contributed by atoms with Crippen molar-refractivity contribution in [2.75, 3.05) is 6.26 Å². The van der Waals surface area contributed by atoms with E-state index in [0.29, 0.717) is 28.6 Å². The lowest BCUT2D eigenvalue weighted by Crippen LogP contribution is -2.04. The molecular formula is C12H15BrO4S. The molecule has 4 nitrogen and oxygen atoms in total. The molecule has 0 aliphatic heterocycles. The van der Waals surface area contributed by atoms with Crippen molar-refractivity contribution in [3.05, 3.63) is 29.3 Å². The van der Waals surface area contributed by atoms with E-state index < -0.39 is 15.8 Å². The first-order valence-electron chi connectivity index (χ1n) is 5.44. The van der Waals surface area contributed by atoms with Gasteiger partial charge in [0.2, 0.25) is 0 Å². The number of rotatable bonds is 6. The zero-order valence-corrected chi connectivity index (χ0v) is 12.4. The van der Waals surface area contributed by atoms with E-state index in [9.17, 15) is 13.2 Å². The molecule has 0 atom stereocenters. The van der Waals surface area contributed by atoms with Gasteiger partial charge in [-0.3, -0.25) is 4.79 Å². The van der Waals surface area contributed by atoms with Gasteiger partial charge in [0.05, 0.1) is 4.90 Å². The highest BCUT2D eigenvalue weighted by atomic mass is 79.9. The first kappa shape index (κ1) is 15.2. The van der Waals surface area contributed by atoms with Gasteiger partial charge < -0.3 is 5.11 Å². The maximum atomic E-state index is 11.7. The van der Waals surface area contributed by atoms with Crippen molar-refractivity contribution in [1.29, 1.82) is 0 Å². The van der Waals surface area contributed by atoms with Crippen molar-refractivity contribution >= 4 is 31.7 Å². The molecule has 6 heteroatoms. The van der Waals surface area contributed by atoms with Gasteiger partial charge in [0.1, 0.15) is 0 Å². The van der Waals surface area contributed by atoms with E-state index in [-0.39, 0.29) is 6.42 Å². The maximum Gasteiger partial charge on any atom is 0.303 e. The van der Waals surface area contributed by atoms with Gasteiger partial charge in [-0.2, -0.15) is 0 Å². The van der Waals surface area contributed by atoms with Crippen LogP contribution in [0.25, 0.3) is 0 Å². The number of alkyl halides is 1. The van der Waals surface area contributed by atoms with Gasteiger partial charge in [-0.1, -0.05) is 28.1 Å². The highest BCUT2D eigenvalue weighted by Gasteiger charge is 2.14. The molecule has 0 unspecified atom stereocenters. The number of carboxylic acids is 1. The summed E-state index contributed by atoms with van der Waals surface area (Å²) in [5.41, 5.74) is 1.57. The number of halogens is 1. The monoisotopic (exact) mass is 334 g/mol. The fourth-order valence-corrected chi connectivity index (χ4v) is 3.02. The van der Waals surface area contributed by atoms with Crippen LogP contribution >= 0.6 is 15.9 Å². The topological polar surface area (TPSA) is 71.4 Å². The number of aryl methyl sites for hydroxylation is 1. The van der Waals surface area contributed by atoms with E-state index in [1.165, 1.54) is 6.26 Å². The van der Waals surface area contributed by atoms with Crippen LogP contribution in [0, 0.1) is 0 Å². The van der Waals surface area contributed by atoms with Gasteiger partial charge in [-0.05, 0) is 30.0 Å². The zero-order valence-electron chi connectivity index (χ0n) is 10.0. The summed E-state index contributed by atoms with van der Waals surface area (Å²) in [6, 6.07) is 5.24. The van der Waals surface area contributed by atoms with Crippen molar-refractivity contribution in [2.45, 2.75) is 29.5 Å². The summed E-state index contributed by atoms with van der Waals surface area (Å²) < 4.78 is 23.4. The number of hydrogen-bond donors (Lipinski definition) is 1. The van der Waals surface area contributed by atoms with Crippen LogP contribution in [-0.4, -0.2) is 25.7 Å². The lowest BCUT2D eigenvalue weighted by molar-refractivity contribution is -0.137. The molecule has 0 fully saturated rings. The van der Waals surface area contributed by atoms with Crippen LogP contribution in [0.5, 0.6) is 0 Å². The van der Waals surface area contributed by atoms with Gasteiger partial charge in [0.25, 0.3) is 0 Å². The van der Waals surface area contributed by atoms with Gasteiger partial charge in [-0.15, -0.1) is 0 Å². The number of carbonyl (C=O) groups is 1. The second-order valence-electron chi connectivity index (χ2n) is 4.10. The second kappa shape index (κ2) is 6.33. The minimum absolute atomic E-state index is 0.0450. The summed E-state index contributed by atoms with van der Waals surface area (Å²) in [7, 11) is -3.28. The molecule has 0 saturated carbocycles. The van der Waals surface area contributed by atoms with E-state index in [4.69, 9.17) is 5.11 Å². The van der Waals surface area contributed by atoms with Gasteiger partial charge >= 0.3 is 5.97 Å². The average molecular weight is 335 g/mol. The number of aliphatic carboxylic acids is 1. The number of hydrogen-bond acceptors (Lipinski definition) is 3. The standard InChI is InChI=1S/C12H15BrO4S/c1-18(16,17)11-7-9(8-13)5-6-10(11)3-2-4-12(14)15/h5-7H,2-4,8H2,1H3,(H,14,15). The lowest BCUT2D eigenvalue weighted by atomic mass is 10.1. The normalized spacial score (nSPS) is 11.4. The first-order chi connectivity index (χ1) is 8.34. The predicted octanol–water partition coefficient (Wildman–Crippen LogP) is 2.39. The van der Waals surface area contributed by atoms with E-state index in [1.54, 1.807) is 12.1 Å². The Balaban J connectivity index is 3.00. The Morgan fingerprint density at radius 3 is 2.56 bits per heavy atom. The smallest absolute Gasteiger partial charge is 0.303 e. The third-order valence-corrected chi connectivity index (χ3v) is 4.35. The molecule has 1 aromatic carbocycles. The minimum Gasteiger partial charge on any atom is -0.481 e. The average Bonchev–Trinajstić information content (AvgIpc) is 2.27. The molecule has 18 heavy (non-hydrogen) atoms. The van der Waals surface area contributed by atoms with Crippen LogP contribution in [0.1, 0.15) is 24.0 Å². The molecule has 1 aromatic rings. The number of benzene rings is 1. The summed E-state index contributed by atoms with van der Waals surface area (Å²) in [4.78, 5) is 10.7. The van der Waals surface area contributed by atoms with Crippen molar-refractivity contribution in [1.82, 2.24) is 0 Å². The summed E-state index contributed by atoms with van der Waals surface area (Å²) in [5.74, 6) is -0.868. The van der Waals surface area contributed by atoms with Crippen molar-refractivity contribution in [3.63, 3.8) is 0 Å². The largest absolute Gasteiger partial charge is 0.481 e. The molecule has 0 aliphatic rings. The van der Waals surface area contributed by atoms with E-state index >= 15 is 0 Å². The quantitative estimate of drug-likeness (QED) is 0.811. The summed E-state index contributed by atoms with van der Waals surface area (Å²) in [5, 5.41) is 9.17. The fourth-order valence-electron chi connectivity index (χ4n) is 1.66. The van der Waals surface area contributed by atoms with Crippen LogP contribution < -0.4 is 0 Å². The van der Waals surface area contributed by atoms with Crippen molar-refractivity contribution in [2.24, 2.45) is 0 Å². The molecule has 1 rings (SSSR count). The minimum atomic E-state index is -3.28. The molecular weight excluding hydrogens is 320 g/mol. The molecule has 100 valence electrons. The Labute approximate surface area is 115 Å². The fraction of sp³-hybridized carbons (Fsp3) is 0.417. The van der Waals surface area contributed by atoms with Crippen molar-refractivity contribution in [3.8, 4) is 0 Å². The molecule has 0 amide bonds. The van der Waals surface area contributed by atoms with E-state index in [0.717, 1.165) is 5.56 Å². The molecule has 0 spiro atoms. The molecule has 0 aliphatic carbocycles. The SMILES string of the molecule is CS(=O)(=O)c1cc(CBr)ccc1CCCC(=O)O. The first-order valence-corrected chi connectivity index (χ1v) is 8.45. The van der Waals surface area contributed by atoms with E-state index in [1.807, 2.05) is 6.07 Å². The highest BCUT2D eigenvalue weighted by molar-refractivity contribution is 9.08. The zero-order chi connectivity index (χ0) is 13.8. The van der Waals surface area contributed by atoms with Crippen LogP contribution in [0.4, 0.5) is 0 Å². The second-order valence-corrected chi connectivity index (χ2v) is 6.64. The molecule has 0 heterocycles. The third-order valence-electron chi connectivity index (χ3n) is 2.52. The molecule has 0 saturated heterocycles. The molecule has 1 N–H and O–H groups in total. The van der Waals surface area contributed by atoms with Crippen LogP contribution in [-0.2, 0) is 26.4 Å². The van der Waals surface area contributed by atoms with Crippen molar-refractivity contribution < 1.29 is 18.3 Å². The van der Waals surface area contributed by atoms with Gasteiger partial charge in [-0.25, -0.2) is 8.42 Å². The summed E-state index contributed by atoms with van der Waals surface area (Å²) in [6.45, 7) is 0. The van der Waals surface area contributed by atoms with Crippen LogP contribution in [0.2, 0.25) is 0 Å². The van der Waals surface area contributed by atoms with Crippen LogP contribution in [0.15, 0.2) is 23.1 Å². The number of sulfone groups is 1. The Morgan fingerprint density at radius 1 is 1.39 bits per heavy atom. The molecule has 0 aromatic heterocycles. The molecule has 0 radical (unpaired) electrons.